The Morgan fingerprint density at radius 1 is 1.00 bits per heavy atom. The molecule has 0 radical (unpaired) electrons. The Bertz CT molecular complexity index is 549. The SMILES string of the molecule is CC1=CCP(c2cccc3ccccc23)C1. The standard InChI is InChI=1S/C15H15P/c1-12-9-10-16(11-12)15-8-4-6-13-5-2-3-7-14(13)15/h2-9H,10-11H2,1H3. The highest BCUT2D eigenvalue weighted by Gasteiger charge is 2.17. The van der Waals surface area contributed by atoms with Crippen LogP contribution < -0.4 is 5.30 Å². The van der Waals surface area contributed by atoms with Crippen LogP contribution in [0.1, 0.15) is 6.92 Å². The fraction of sp³-hybridized carbons (Fsp3) is 0.200. The summed E-state index contributed by atoms with van der Waals surface area (Å²) in [5.74, 6) is 0. The third kappa shape index (κ3) is 1.68. The number of allylic oxidation sites excluding steroid dienone is 2. The Balaban J connectivity index is 2.10. The molecule has 1 heteroatoms. The molecule has 0 nitrogen and oxygen atoms in total. The van der Waals surface area contributed by atoms with Gasteiger partial charge >= 0.3 is 0 Å². The summed E-state index contributed by atoms with van der Waals surface area (Å²) < 4.78 is 0. The predicted octanol–water partition coefficient (Wildman–Crippen LogP) is 3.91. The van der Waals surface area contributed by atoms with Gasteiger partial charge in [0.2, 0.25) is 0 Å². The van der Waals surface area contributed by atoms with Crippen molar-refractivity contribution < 1.29 is 0 Å². The van der Waals surface area contributed by atoms with E-state index < -0.39 is 0 Å². The quantitative estimate of drug-likeness (QED) is 0.511. The molecular formula is C15H15P. The summed E-state index contributed by atoms with van der Waals surface area (Å²) in [6.07, 6.45) is 4.98. The van der Waals surface area contributed by atoms with Crippen molar-refractivity contribution in [3.63, 3.8) is 0 Å². The van der Waals surface area contributed by atoms with E-state index in [1.165, 1.54) is 23.1 Å². The van der Waals surface area contributed by atoms with Crippen LogP contribution in [0.25, 0.3) is 10.8 Å². The van der Waals surface area contributed by atoms with E-state index in [0.29, 0.717) is 0 Å². The fourth-order valence-electron chi connectivity index (χ4n) is 2.36. The third-order valence-corrected chi connectivity index (χ3v) is 5.78. The lowest BCUT2D eigenvalue weighted by Crippen LogP contribution is -2.04. The second-order valence-electron chi connectivity index (χ2n) is 4.43. The first-order chi connectivity index (χ1) is 7.84. The first kappa shape index (κ1) is 10.1. The van der Waals surface area contributed by atoms with Crippen LogP contribution in [-0.2, 0) is 0 Å². The Kier molecular flexibility index (Phi) is 2.53. The third-order valence-electron chi connectivity index (χ3n) is 3.21. The zero-order valence-electron chi connectivity index (χ0n) is 9.48. The molecule has 1 heterocycles. The lowest BCUT2D eigenvalue weighted by Gasteiger charge is -2.14. The van der Waals surface area contributed by atoms with Crippen molar-refractivity contribution in [2.45, 2.75) is 6.92 Å². The highest BCUT2D eigenvalue weighted by Crippen LogP contribution is 2.43. The first-order valence-corrected chi connectivity index (χ1v) is 7.44. The maximum absolute atomic E-state index is 2.41. The van der Waals surface area contributed by atoms with Crippen LogP contribution in [0, 0.1) is 0 Å². The molecular weight excluding hydrogens is 211 g/mol. The summed E-state index contributed by atoms with van der Waals surface area (Å²) in [6.45, 7) is 2.26. The van der Waals surface area contributed by atoms with Crippen LogP contribution in [0.15, 0.2) is 54.1 Å². The molecule has 0 aliphatic carbocycles. The lowest BCUT2D eigenvalue weighted by atomic mass is 10.1. The van der Waals surface area contributed by atoms with Gasteiger partial charge in [0.1, 0.15) is 0 Å². The topological polar surface area (TPSA) is 0 Å². The van der Waals surface area contributed by atoms with Crippen molar-refractivity contribution in [3.05, 3.63) is 54.1 Å². The molecule has 2 aromatic carbocycles. The maximum Gasteiger partial charge on any atom is -0.00738 e. The van der Waals surface area contributed by atoms with Gasteiger partial charge in [0.05, 0.1) is 0 Å². The Labute approximate surface area is 97.7 Å². The van der Waals surface area contributed by atoms with Gasteiger partial charge < -0.3 is 0 Å². The minimum absolute atomic E-state index is 0.0280. The zero-order chi connectivity index (χ0) is 11.0. The largest absolute Gasteiger partial charge is 0.0806 e. The zero-order valence-corrected chi connectivity index (χ0v) is 10.4. The molecule has 1 aliphatic heterocycles. The number of fused-ring (bicyclic) bond motifs is 1. The second kappa shape index (κ2) is 4.03. The smallest absolute Gasteiger partial charge is 0.00738 e. The Morgan fingerprint density at radius 2 is 1.81 bits per heavy atom. The Morgan fingerprint density at radius 3 is 2.62 bits per heavy atom. The minimum Gasteiger partial charge on any atom is -0.0806 e. The van der Waals surface area contributed by atoms with E-state index in [2.05, 4.69) is 55.5 Å². The van der Waals surface area contributed by atoms with Crippen molar-refractivity contribution in [2.24, 2.45) is 0 Å². The molecule has 0 N–H and O–H groups in total. The molecule has 1 atom stereocenters. The van der Waals surface area contributed by atoms with Crippen LogP contribution >= 0.6 is 7.92 Å². The molecule has 0 spiro atoms. The van der Waals surface area contributed by atoms with Gasteiger partial charge in [-0.05, 0) is 35.3 Å². The van der Waals surface area contributed by atoms with E-state index >= 15 is 0 Å². The molecule has 0 saturated carbocycles. The van der Waals surface area contributed by atoms with E-state index in [0.717, 1.165) is 0 Å². The maximum atomic E-state index is 2.41. The molecule has 80 valence electrons. The highest BCUT2D eigenvalue weighted by atomic mass is 31.1. The van der Waals surface area contributed by atoms with Crippen LogP contribution in [0.5, 0.6) is 0 Å². The van der Waals surface area contributed by atoms with Crippen molar-refractivity contribution >= 4 is 24.0 Å². The van der Waals surface area contributed by atoms with Crippen molar-refractivity contribution in [1.82, 2.24) is 0 Å². The van der Waals surface area contributed by atoms with Crippen LogP contribution in [0.2, 0.25) is 0 Å². The number of hydrogen-bond donors (Lipinski definition) is 0. The normalized spacial score (nSPS) is 20.1. The van der Waals surface area contributed by atoms with Gasteiger partial charge in [-0.25, -0.2) is 0 Å². The molecule has 16 heavy (non-hydrogen) atoms. The van der Waals surface area contributed by atoms with Gasteiger partial charge in [0.15, 0.2) is 0 Å². The van der Waals surface area contributed by atoms with Gasteiger partial charge in [-0.2, -0.15) is 0 Å². The average Bonchev–Trinajstić information content (AvgIpc) is 2.75. The van der Waals surface area contributed by atoms with Crippen LogP contribution in [0.3, 0.4) is 0 Å². The molecule has 0 aromatic heterocycles. The highest BCUT2D eigenvalue weighted by molar-refractivity contribution is 7.66. The molecule has 1 aliphatic rings. The molecule has 0 saturated heterocycles. The molecule has 3 rings (SSSR count). The summed E-state index contributed by atoms with van der Waals surface area (Å²) in [4.78, 5) is 0. The molecule has 1 unspecified atom stereocenters. The van der Waals surface area contributed by atoms with E-state index in [1.54, 1.807) is 10.9 Å². The van der Waals surface area contributed by atoms with Crippen molar-refractivity contribution in [1.29, 1.82) is 0 Å². The monoisotopic (exact) mass is 226 g/mol. The van der Waals surface area contributed by atoms with Crippen LogP contribution in [0.4, 0.5) is 0 Å². The summed E-state index contributed by atoms with van der Waals surface area (Å²) in [7, 11) is 0.0280. The van der Waals surface area contributed by atoms with Crippen molar-refractivity contribution in [3.8, 4) is 0 Å². The van der Waals surface area contributed by atoms with Gasteiger partial charge in [-0.3, -0.25) is 0 Å². The average molecular weight is 226 g/mol. The van der Waals surface area contributed by atoms with Gasteiger partial charge in [0, 0.05) is 0 Å². The predicted molar refractivity (Wildman–Crippen MR) is 74.0 cm³/mol. The van der Waals surface area contributed by atoms with Crippen LogP contribution in [-0.4, -0.2) is 12.3 Å². The molecule has 0 bridgehead atoms. The van der Waals surface area contributed by atoms with Gasteiger partial charge in [-0.15, -0.1) is 0 Å². The molecule has 2 aromatic rings. The number of rotatable bonds is 1. The summed E-state index contributed by atoms with van der Waals surface area (Å²) in [6, 6.07) is 15.5. The second-order valence-corrected chi connectivity index (χ2v) is 6.67. The van der Waals surface area contributed by atoms with E-state index in [4.69, 9.17) is 0 Å². The van der Waals surface area contributed by atoms with Crippen molar-refractivity contribution in [2.75, 3.05) is 12.3 Å². The summed E-state index contributed by atoms with van der Waals surface area (Å²) in [5, 5.41) is 4.42. The van der Waals surface area contributed by atoms with E-state index in [1.807, 2.05) is 0 Å². The van der Waals surface area contributed by atoms with Gasteiger partial charge in [0.25, 0.3) is 0 Å². The van der Waals surface area contributed by atoms with E-state index in [-0.39, 0.29) is 7.92 Å². The number of hydrogen-bond acceptors (Lipinski definition) is 0. The van der Waals surface area contributed by atoms with Gasteiger partial charge in [-0.1, -0.05) is 62.0 Å². The lowest BCUT2D eigenvalue weighted by molar-refractivity contribution is 1.42. The molecule has 0 fully saturated rings. The summed E-state index contributed by atoms with van der Waals surface area (Å²) >= 11 is 0. The number of benzene rings is 2. The first-order valence-electron chi connectivity index (χ1n) is 5.73. The summed E-state index contributed by atoms with van der Waals surface area (Å²) in [5.41, 5.74) is 1.57. The Hall–Kier alpha value is -1.13. The molecule has 0 amide bonds. The fourth-order valence-corrected chi connectivity index (χ4v) is 4.96. The minimum atomic E-state index is 0.0280. The van der Waals surface area contributed by atoms with E-state index in [9.17, 15) is 0 Å².